The van der Waals surface area contributed by atoms with Gasteiger partial charge in [-0.15, -0.1) is 0 Å². The van der Waals surface area contributed by atoms with Crippen molar-refractivity contribution in [1.29, 1.82) is 0 Å². The van der Waals surface area contributed by atoms with E-state index in [1.165, 1.54) is 103 Å². The summed E-state index contributed by atoms with van der Waals surface area (Å²) >= 11 is 0. The number of hydrogen-bond acceptors (Lipinski definition) is 1. The van der Waals surface area contributed by atoms with E-state index in [-0.39, 0.29) is 0 Å². The largest absolute Gasteiger partial charge is 0.343 e. The van der Waals surface area contributed by atoms with Gasteiger partial charge in [0.1, 0.15) is 0 Å². The number of unbranched alkanes of at least 4 members (excludes halogenated alkanes) is 11. The molecule has 0 aromatic carbocycles. The summed E-state index contributed by atoms with van der Waals surface area (Å²) in [5.74, 6) is 1.28. The molecule has 1 fully saturated rings. The summed E-state index contributed by atoms with van der Waals surface area (Å²) in [7, 11) is 0. The van der Waals surface area contributed by atoms with E-state index in [0.717, 1.165) is 31.8 Å². The van der Waals surface area contributed by atoms with Gasteiger partial charge in [0.15, 0.2) is 0 Å². The Hall–Kier alpha value is -0.790. The zero-order valence-electron chi connectivity index (χ0n) is 19.2. The van der Waals surface area contributed by atoms with Crippen LogP contribution in [-0.4, -0.2) is 23.9 Å². The van der Waals surface area contributed by atoms with Crippen LogP contribution in [0, 0.1) is 5.92 Å². The van der Waals surface area contributed by atoms with Crippen LogP contribution in [0.1, 0.15) is 129 Å². The van der Waals surface area contributed by atoms with Gasteiger partial charge in [-0.05, 0) is 50.9 Å². The van der Waals surface area contributed by atoms with Crippen molar-refractivity contribution < 1.29 is 4.79 Å². The number of piperidine rings is 1. The van der Waals surface area contributed by atoms with Crippen LogP contribution in [0.4, 0.5) is 0 Å². The number of rotatable bonds is 17. The van der Waals surface area contributed by atoms with Crippen LogP contribution < -0.4 is 0 Å². The third-order valence-electron chi connectivity index (χ3n) is 6.32. The van der Waals surface area contributed by atoms with Crippen LogP contribution in [-0.2, 0) is 4.79 Å². The SMILES string of the molecule is CCCCCCCC/C=C\CCCCCCCC(=O)N1CCC(CCC)CC1. The lowest BCUT2D eigenvalue weighted by Crippen LogP contribution is -2.38. The highest BCUT2D eigenvalue weighted by Crippen LogP contribution is 2.22. The van der Waals surface area contributed by atoms with Gasteiger partial charge in [0.05, 0.1) is 0 Å². The van der Waals surface area contributed by atoms with Crippen molar-refractivity contribution >= 4 is 5.91 Å². The summed E-state index contributed by atoms with van der Waals surface area (Å²) < 4.78 is 0. The first-order valence-electron chi connectivity index (χ1n) is 12.7. The minimum atomic E-state index is 0.410. The lowest BCUT2D eigenvalue weighted by atomic mass is 9.92. The van der Waals surface area contributed by atoms with Crippen molar-refractivity contribution in [2.75, 3.05) is 13.1 Å². The van der Waals surface area contributed by atoms with Crippen LogP contribution in [0.25, 0.3) is 0 Å². The summed E-state index contributed by atoms with van der Waals surface area (Å²) in [5.41, 5.74) is 0. The second kappa shape index (κ2) is 18.3. The molecule has 0 saturated carbocycles. The number of carbonyl (C=O) groups excluding carboxylic acids is 1. The summed E-state index contributed by atoms with van der Waals surface area (Å²) in [6.07, 6.45) is 27.7. The highest BCUT2D eigenvalue weighted by atomic mass is 16.2. The third-order valence-corrected chi connectivity index (χ3v) is 6.32. The summed E-state index contributed by atoms with van der Waals surface area (Å²) in [6.45, 7) is 6.56. The van der Waals surface area contributed by atoms with Crippen molar-refractivity contribution in [2.45, 2.75) is 129 Å². The van der Waals surface area contributed by atoms with Crippen molar-refractivity contribution in [3.8, 4) is 0 Å². The van der Waals surface area contributed by atoms with Crippen molar-refractivity contribution in [1.82, 2.24) is 4.90 Å². The molecule has 28 heavy (non-hydrogen) atoms. The van der Waals surface area contributed by atoms with Gasteiger partial charge < -0.3 is 4.90 Å². The van der Waals surface area contributed by atoms with E-state index in [9.17, 15) is 4.79 Å². The van der Waals surface area contributed by atoms with Gasteiger partial charge in [-0.2, -0.15) is 0 Å². The van der Waals surface area contributed by atoms with E-state index in [1.807, 2.05) is 0 Å². The predicted molar refractivity (Wildman–Crippen MR) is 124 cm³/mol. The molecule has 2 nitrogen and oxygen atoms in total. The van der Waals surface area contributed by atoms with Crippen LogP contribution in [0.2, 0.25) is 0 Å². The van der Waals surface area contributed by atoms with Gasteiger partial charge in [-0.25, -0.2) is 0 Å². The average molecular weight is 392 g/mol. The third kappa shape index (κ3) is 13.4. The highest BCUT2D eigenvalue weighted by Gasteiger charge is 2.21. The van der Waals surface area contributed by atoms with E-state index < -0.39 is 0 Å². The molecule has 1 saturated heterocycles. The fraction of sp³-hybridized carbons (Fsp3) is 0.885. The molecule has 0 radical (unpaired) electrons. The first-order valence-corrected chi connectivity index (χ1v) is 12.7. The number of nitrogens with zero attached hydrogens (tertiary/aromatic N) is 1. The Balaban J connectivity index is 1.85. The molecule has 0 aliphatic carbocycles. The van der Waals surface area contributed by atoms with Gasteiger partial charge in [0.2, 0.25) is 5.91 Å². The monoisotopic (exact) mass is 391 g/mol. The Morgan fingerprint density at radius 3 is 1.86 bits per heavy atom. The second-order valence-corrected chi connectivity index (χ2v) is 8.95. The molecular weight excluding hydrogens is 342 g/mol. The molecule has 1 aliphatic heterocycles. The maximum atomic E-state index is 12.3. The molecule has 0 spiro atoms. The van der Waals surface area contributed by atoms with E-state index in [2.05, 4.69) is 30.9 Å². The summed E-state index contributed by atoms with van der Waals surface area (Å²) in [4.78, 5) is 14.4. The molecule has 0 aromatic heterocycles. The van der Waals surface area contributed by atoms with Gasteiger partial charge in [0, 0.05) is 19.5 Å². The first-order chi connectivity index (χ1) is 13.8. The minimum Gasteiger partial charge on any atom is -0.343 e. The number of carbonyl (C=O) groups is 1. The molecule has 1 rings (SSSR count). The molecule has 0 atom stereocenters. The molecule has 0 aromatic rings. The van der Waals surface area contributed by atoms with Crippen molar-refractivity contribution in [2.24, 2.45) is 5.92 Å². The second-order valence-electron chi connectivity index (χ2n) is 8.95. The first kappa shape index (κ1) is 25.2. The number of allylic oxidation sites excluding steroid dienone is 2. The highest BCUT2D eigenvalue weighted by molar-refractivity contribution is 5.76. The zero-order valence-corrected chi connectivity index (χ0v) is 19.2. The molecular formula is C26H49NO. The molecule has 1 heterocycles. The van der Waals surface area contributed by atoms with Crippen LogP contribution in [0.3, 0.4) is 0 Å². The van der Waals surface area contributed by atoms with Crippen LogP contribution in [0.5, 0.6) is 0 Å². The predicted octanol–water partition coefficient (Wildman–Crippen LogP) is 8.06. The fourth-order valence-corrected chi connectivity index (χ4v) is 4.38. The molecule has 1 aliphatic rings. The summed E-state index contributed by atoms with van der Waals surface area (Å²) in [5, 5.41) is 0. The topological polar surface area (TPSA) is 20.3 Å². The van der Waals surface area contributed by atoms with Crippen LogP contribution >= 0.6 is 0 Å². The Morgan fingerprint density at radius 2 is 1.29 bits per heavy atom. The number of hydrogen-bond donors (Lipinski definition) is 0. The van der Waals surface area contributed by atoms with Crippen molar-refractivity contribution in [3.05, 3.63) is 12.2 Å². The van der Waals surface area contributed by atoms with E-state index in [4.69, 9.17) is 0 Å². The number of amides is 1. The smallest absolute Gasteiger partial charge is 0.222 e. The van der Waals surface area contributed by atoms with Gasteiger partial charge in [-0.1, -0.05) is 90.2 Å². The molecule has 164 valence electrons. The summed E-state index contributed by atoms with van der Waals surface area (Å²) in [6, 6.07) is 0. The fourth-order valence-electron chi connectivity index (χ4n) is 4.38. The lowest BCUT2D eigenvalue weighted by Gasteiger charge is -2.32. The van der Waals surface area contributed by atoms with Crippen LogP contribution in [0.15, 0.2) is 12.2 Å². The van der Waals surface area contributed by atoms with Gasteiger partial charge in [-0.3, -0.25) is 4.79 Å². The van der Waals surface area contributed by atoms with E-state index >= 15 is 0 Å². The average Bonchev–Trinajstić information content (AvgIpc) is 2.71. The minimum absolute atomic E-state index is 0.410. The Labute approximate surface area is 176 Å². The molecule has 0 N–H and O–H groups in total. The van der Waals surface area contributed by atoms with E-state index in [0.29, 0.717) is 5.91 Å². The molecule has 2 heteroatoms. The van der Waals surface area contributed by atoms with Crippen molar-refractivity contribution in [3.63, 3.8) is 0 Å². The Bertz CT molecular complexity index is 382. The van der Waals surface area contributed by atoms with Gasteiger partial charge in [0.25, 0.3) is 0 Å². The maximum absolute atomic E-state index is 12.3. The maximum Gasteiger partial charge on any atom is 0.222 e. The molecule has 0 bridgehead atoms. The molecule has 0 unspecified atom stereocenters. The Morgan fingerprint density at radius 1 is 0.750 bits per heavy atom. The standard InChI is InChI=1S/C26H49NO/c1-3-5-6-7-8-9-10-11-12-13-14-15-16-17-18-20-26(28)27-23-21-25(19-4-2)22-24-27/h11-12,25H,3-10,13-24H2,1-2H3/b12-11-. The Kier molecular flexibility index (Phi) is 16.5. The molecule has 1 amide bonds. The lowest BCUT2D eigenvalue weighted by molar-refractivity contribution is -0.132. The van der Waals surface area contributed by atoms with Gasteiger partial charge >= 0.3 is 0 Å². The normalized spacial score (nSPS) is 15.6. The number of likely N-dealkylation sites (tertiary alicyclic amines) is 1. The van der Waals surface area contributed by atoms with E-state index in [1.54, 1.807) is 0 Å². The zero-order chi connectivity index (χ0) is 20.3. The quantitative estimate of drug-likeness (QED) is 0.181.